The van der Waals surface area contributed by atoms with Crippen molar-refractivity contribution in [3.63, 3.8) is 0 Å². The van der Waals surface area contributed by atoms with Gasteiger partial charge < -0.3 is 31.9 Å². The second-order valence-electron chi connectivity index (χ2n) is 15.1. The maximum absolute atomic E-state index is 14.1. The van der Waals surface area contributed by atoms with Crippen LogP contribution in [0.3, 0.4) is 0 Å². The highest BCUT2D eigenvalue weighted by Gasteiger charge is 2.36. The number of benzene rings is 5. The Morgan fingerprint density at radius 2 is 1.02 bits per heavy atom. The number of nitrogens with zero attached hydrogens (tertiary/aromatic N) is 4. The highest BCUT2D eigenvalue weighted by Crippen LogP contribution is 2.36. The molecule has 1 aliphatic heterocycles. The van der Waals surface area contributed by atoms with Crippen LogP contribution in [0.25, 0.3) is 32.6 Å². The van der Waals surface area contributed by atoms with Gasteiger partial charge in [0.1, 0.15) is 0 Å². The number of hydrogen-bond acceptors (Lipinski definition) is 12. The highest BCUT2D eigenvalue weighted by molar-refractivity contribution is 6.36. The summed E-state index contributed by atoms with van der Waals surface area (Å²) in [5.74, 6) is -3.31. The first-order valence-electron chi connectivity index (χ1n) is 21.1. The number of imide groups is 1. The molecule has 0 unspecified atom stereocenters. The Kier molecular flexibility index (Phi) is 13.3. The Bertz CT molecular complexity index is 2940. The molecule has 2 aromatic heterocycles. The molecule has 0 saturated heterocycles. The van der Waals surface area contributed by atoms with Crippen LogP contribution in [-0.4, -0.2) is 103 Å². The van der Waals surface area contributed by atoms with Gasteiger partial charge in [-0.2, -0.15) is 0 Å². The maximum Gasteiger partial charge on any atom is 0.270 e. The van der Waals surface area contributed by atoms with Crippen molar-refractivity contribution in [2.75, 3.05) is 57.3 Å². The fourth-order valence-corrected chi connectivity index (χ4v) is 7.72. The number of pyridine rings is 2. The third-order valence-corrected chi connectivity index (χ3v) is 10.9. The standard InChI is InChI=1S/C48H42N10O8/c59-43(53-20-16-49-18-22-55-45(61)36-12-14-51-40-10-3-1-7-34(36)40)30-24-31(44(60)54-21-17-50-19-23-56-46(62)37-13-15-52-41-11-4-2-8-35(37)41)27-32(26-30)57-47(63)38-9-5-6-29-25-33(58(65)66)28-39(42(29)38)48(57)64/h1-15,24-28,49-50H,16-23H2,(H,53,59)(H,54,60)(H,55,61)(H,56,62). The SMILES string of the molecule is O=C(NCCNCCNC(=O)c1ccnc2ccccc12)c1cc(C(=O)NCCNCCNC(=O)c2ccnc3ccccc23)cc(N2C(=O)c3cccc4cc([N+](=O)[O-])cc(c34)C2=O)c1. The fourth-order valence-electron chi connectivity index (χ4n) is 7.72. The van der Waals surface area contributed by atoms with Crippen LogP contribution in [0.5, 0.6) is 0 Å². The number of non-ortho nitro benzene ring substituents is 1. The van der Waals surface area contributed by atoms with Crippen LogP contribution >= 0.6 is 0 Å². The molecule has 0 atom stereocenters. The van der Waals surface area contributed by atoms with Gasteiger partial charge in [0.15, 0.2) is 0 Å². The predicted molar refractivity (Wildman–Crippen MR) is 247 cm³/mol. The fraction of sp³-hybridized carbons (Fsp3) is 0.167. The molecule has 1 aliphatic rings. The highest BCUT2D eigenvalue weighted by atomic mass is 16.6. The van der Waals surface area contributed by atoms with E-state index >= 15 is 0 Å². The topological polar surface area (TPSA) is 247 Å². The summed E-state index contributed by atoms with van der Waals surface area (Å²) in [5, 5.41) is 31.5. The Labute approximate surface area is 376 Å². The summed E-state index contributed by atoms with van der Waals surface area (Å²) in [4.78, 5) is 102. The lowest BCUT2D eigenvalue weighted by Gasteiger charge is -2.27. The van der Waals surface area contributed by atoms with Crippen LogP contribution < -0.4 is 36.8 Å². The van der Waals surface area contributed by atoms with Gasteiger partial charge in [-0.1, -0.05) is 48.5 Å². The number of carbonyl (C=O) groups is 6. The van der Waals surface area contributed by atoms with Crippen molar-refractivity contribution in [1.82, 2.24) is 41.9 Å². The third-order valence-electron chi connectivity index (χ3n) is 10.9. The van der Waals surface area contributed by atoms with Gasteiger partial charge >= 0.3 is 0 Å². The summed E-state index contributed by atoms with van der Waals surface area (Å²) < 4.78 is 0. The van der Waals surface area contributed by atoms with Crippen molar-refractivity contribution in [2.24, 2.45) is 0 Å². The summed E-state index contributed by atoms with van der Waals surface area (Å²) in [6, 6.07) is 29.0. The second-order valence-corrected chi connectivity index (χ2v) is 15.1. The Morgan fingerprint density at radius 3 is 1.53 bits per heavy atom. The van der Waals surface area contributed by atoms with Crippen LogP contribution in [-0.2, 0) is 0 Å². The van der Waals surface area contributed by atoms with Crippen molar-refractivity contribution in [3.8, 4) is 0 Å². The van der Waals surface area contributed by atoms with E-state index in [1.165, 1.54) is 30.3 Å². The van der Waals surface area contributed by atoms with Crippen LogP contribution in [0.2, 0.25) is 0 Å². The van der Waals surface area contributed by atoms with E-state index in [0.29, 0.717) is 66.8 Å². The molecule has 0 saturated carbocycles. The number of rotatable bonds is 18. The van der Waals surface area contributed by atoms with Crippen LogP contribution in [0.15, 0.2) is 122 Å². The van der Waals surface area contributed by atoms with E-state index in [0.717, 1.165) is 21.7 Å². The molecular weight excluding hydrogens is 845 g/mol. The molecule has 18 nitrogen and oxygen atoms in total. The molecule has 332 valence electrons. The number of nitro groups is 1. The average Bonchev–Trinajstić information content (AvgIpc) is 3.34. The monoisotopic (exact) mass is 886 g/mol. The number of hydrogen-bond donors (Lipinski definition) is 6. The number of anilines is 1. The lowest BCUT2D eigenvalue weighted by molar-refractivity contribution is -0.384. The molecule has 8 rings (SSSR count). The van der Waals surface area contributed by atoms with E-state index < -0.39 is 28.6 Å². The van der Waals surface area contributed by atoms with Crippen LogP contribution in [0.4, 0.5) is 11.4 Å². The number of carbonyl (C=O) groups excluding carboxylic acids is 6. The van der Waals surface area contributed by atoms with E-state index in [-0.39, 0.29) is 63.9 Å². The normalized spacial score (nSPS) is 12.0. The van der Waals surface area contributed by atoms with Gasteiger partial charge in [0.2, 0.25) is 0 Å². The molecule has 18 heteroatoms. The molecule has 0 aliphatic carbocycles. The summed E-state index contributed by atoms with van der Waals surface area (Å²) in [5.41, 5.74) is 1.96. The Morgan fingerprint density at radius 1 is 0.530 bits per heavy atom. The van der Waals surface area contributed by atoms with E-state index in [2.05, 4.69) is 41.9 Å². The molecule has 6 N–H and O–H groups in total. The molecule has 5 aromatic carbocycles. The van der Waals surface area contributed by atoms with Gasteiger partial charge in [0, 0.05) is 110 Å². The van der Waals surface area contributed by atoms with Gasteiger partial charge in [-0.3, -0.25) is 48.8 Å². The molecule has 6 amide bonds. The van der Waals surface area contributed by atoms with Gasteiger partial charge in [-0.25, -0.2) is 4.90 Å². The minimum atomic E-state index is -0.863. The quantitative estimate of drug-likeness (QED) is 0.0308. The zero-order chi connectivity index (χ0) is 46.2. The van der Waals surface area contributed by atoms with Crippen LogP contribution in [0, 0.1) is 10.1 Å². The summed E-state index contributed by atoms with van der Waals surface area (Å²) in [6.07, 6.45) is 3.16. The molecule has 0 spiro atoms. The predicted octanol–water partition coefficient (Wildman–Crippen LogP) is 4.14. The minimum Gasteiger partial charge on any atom is -0.351 e. The van der Waals surface area contributed by atoms with Gasteiger partial charge in [0.05, 0.1) is 38.3 Å². The first kappa shape index (κ1) is 44.1. The van der Waals surface area contributed by atoms with E-state index in [1.807, 2.05) is 48.5 Å². The summed E-state index contributed by atoms with van der Waals surface area (Å²) in [7, 11) is 0. The molecule has 3 heterocycles. The largest absolute Gasteiger partial charge is 0.351 e. The maximum atomic E-state index is 14.1. The van der Waals surface area contributed by atoms with Gasteiger partial charge in [0.25, 0.3) is 41.1 Å². The molecule has 0 bridgehead atoms. The molecular formula is C48H42N10O8. The van der Waals surface area contributed by atoms with Crippen molar-refractivity contribution < 1.29 is 33.7 Å². The van der Waals surface area contributed by atoms with E-state index in [1.54, 1.807) is 36.7 Å². The smallest absolute Gasteiger partial charge is 0.270 e. The van der Waals surface area contributed by atoms with E-state index in [9.17, 15) is 38.9 Å². The van der Waals surface area contributed by atoms with Crippen molar-refractivity contribution in [2.45, 2.75) is 0 Å². The number of aromatic nitrogens is 2. The molecule has 7 aromatic rings. The summed E-state index contributed by atoms with van der Waals surface area (Å²) in [6.45, 7) is 2.29. The Hall–Kier alpha value is -8.48. The lowest BCUT2D eigenvalue weighted by Crippen LogP contribution is -2.41. The number of amides is 6. The first-order chi connectivity index (χ1) is 32.1. The zero-order valence-corrected chi connectivity index (χ0v) is 35.3. The third kappa shape index (κ3) is 9.54. The van der Waals surface area contributed by atoms with E-state index in [4.69, 9.17) is 0 Å². The number of fused-ring (bicyclic) bond motifs is 2. The molecule has 0 fully saturated rings. The molecule has 66 heavy (non-hydrogen) atoms. The van der Waals surface area contributed by atoms with Crippen LogP contribution in [0.1, 0.15) is 62.1 Å². The average molecular weight is 887 g/mol. The van der Waals surface area contributed by atoms with Gasteiger partial charge in [-0.05, 0) is 53.9 Å². The van der Waals surface area contributed by atoms with Crippen molar-refractivity contribution >= 4 is 79.4 Å². The minimum absolute atomic E-state index is 0.0334. The second kappa shape index (κ2) is 19.9. The van der Waals surface area contributed by atoms with Crippen molar-refractivity contribution in [1.29, 1.82) is 0 Å². The number of nitrogens with one attached hydrogen (secondary N) is 6. The zero-order valence-electron chi connectivity index (χ0n) is 35.3. The summed E-state index contributed by atoms with van der Waals surface area (Å²) >= 11 is 0. The molecule has 0 radical (unpaired) electrons. The number of nitro benzene ring substituents is 1. The number of para-hydroxylation sites is 2. The lowest BCUT2D eigenvalue weighted by atomic mass is 9.92. The first-order valence-corrected chi connectivity index (χ1v) is 21.1. The Balaban J connectivity index is 0.906. The van der Waals surface area contributed by atoms with Crippen molar-refractivity contribution in [3.05, 3.63) is 165 Å². The van der Waals surface area contributed by atoms with Gasteiger partial charge in [-0.15, -0.1) is 0 Å².